The van der Waals surface area contributed by atoms with Crippen molar-refractivity contribution in [3.8, 4) is 5.75 Å². The highest BCUT2D eigenvalue weighted by molar-refractivity contribution is 5.93. The molecule has 0 unspecified atom stereocenters. The van der Waals surface area contributed by atoms with E-state index in [9.17, 15) is 14.7 Å². The van der Waals surface area contributed by atoms with E-state index >= 15 is 0 Å². The number of carbonyl (C=O) groups is 2. The number of rotatable bonds is 5. The molecule has 1 aromatic carbocycles. The van der Waals surface area contributed by atoms with Crippen LogP contribution in [-0.4, -0.2) is 47.0 Å². The van der Waals surface area contributed by atoms with Crippen LogP contribution in [0.3, 0.4) is 0 Å². The number of ether oxygens (including phenoxy) is 2. The fourth-order valence-corrected chi connectivity index (χ4v) is 4.08. The third kappa shape index (κ3) is 3.17. The van der Waals surface area contributed by atoms with Gasteiger partial charge >= 0.3 is 5.97 Å². The van der Waals surface area contributed by atoms with Crippen LogP contribution < -0.4 is 10.1 Å². The van der Waals surface area contributed by atoms with Gasteiger partial charge in [-0.3, -0.25) is 9.59 Å². The third-order valence-electron chi connectivity index (χ3n) is 5.65. The Hall–Kier alpha value is -2.12. The van der Waals surface area contributed by atoms with Crippen molar-refractivity contribution in [2.75, 3.05) is 11.9 Å². The van der Waals surface area contributed by atoms with Crippen LogP contribution in [0.15, 0.2) is 18.2 Å². The van der Waals surface area contributed by atoms with Gasteiger partial charge in [-0.25, -0.2) is 0 Å². The molecule has 1 saturated carbocycles. The second-order valence-electron chi connectivity index (χ2n) is 7.37. The van der Waals surface area contributed by atoms with Crippen molar-refractivity contribution in [3.05, 3.63) is 23.8 Å². The first-order chi connectivity index (χ1) is 12.5. The number of amides is 1. The summed E-state index contributed by atoms with van der Waals surface area (Å²) in [5.74, 6) is -0.115. The lowest BCUT2D eigenvalue weighted by atomic mass is 9.83. The Labute approximate surface area is 151 Å². The van der Waals surface area contributed by atoms with Crippen LogP contribution in [0.2, 0.25) is 0 Å². The Morgan fingerprint density at radius 3 is 2.73 bits per heavy atom. The molecule has 1 aromatic rings. The molecule has 140 valence electrons. The number of aliphatic hydroxyl groups is 1. The summed E-state index contributed by atoms with van der Waals surface area (Å²) in [6, 6.07) is 5.55. The van der Waals surface area contributed by atoms with E-state index in [-0.39, 0.29) is 36.9 Å². The summed E-state index contributed by atoms with van der Waals surface area (Å²) < 4.78 is 11.7. The van der Waals surface area contributed by atoms with Gasteiger partial charge in [0.05, 0.1) is 19.1 Å². The predicted octanol–water partition coefficient (Wildman–Crippen LogP) is 1.89. The number of carbonyl (C=O) groups excluding carboxylic acids is 1. The number of benzene rings is 1. The quantitative estimate of drug-likeness (QED) is 0.740. The Bertz CT molecular complexity index is 716. The lowest BCUT2D eigenvalue weighted by Gasteiger charge is -2.36. The number of aliphatic hydroxyl groups excluding tert-OH is 1. The minimum absolute atomic E-state index is 0.0515. The van der Waals surface area contributed by atoms with Crippen LogP contribution >= 0.6 is 0 Å². The first-order valence-corrected chi connectivity index (χ1v) is 9.14. The molecule has 0 aromatic heterocycles. The van der Waals surface area contributed by atoms with E-state index in [0.717, 1.165) is 30.5 Å². The Balaban J connectivity index is 1.54. The van der Waals surface area contributed by atoms with E-state index in [1.165, 1.54) is 0 Å². The van der Waals surface area contributed by atoms with E-state index < -0.39 is 18.2 Å². The Morgan fingerprint density at radius 2 is 2.08 bits per heavy atom. The molecule has 2 fully saturated rings. The largest absolute Gasteiger partial charge is 0.487 e. The summed E-state index contributed by atoms with van der Waals surface area (Å²) in [5.41, 5.74) is 1.67. The molecule has 1 amide bonds. The summed E-state index contributed by atoms with van der Waals surface area (Å²) in [6.45, 7) is -0.226. The summed E-state index contributed by atoms with van der Waals surface area (Å²) in [4.78, 5) is 23.2. The second-order valence-corrected chi connectivity index (χ2v) is 7.37. The van der Waals surface area contributed by atoms with Crippen molar-refractivity contribution in [1.29, 1.82) is 0 Å². The Morgan fingerprint density at radius 1 is 1.27 bits per heavy atom. The molecule has 0 spiro atoms. The molecule has 2 aliphatic heterocycles. The van der Waals surface area contributed by atoms with Crippen molar-refractivity contribution in [3.63, 3.8) is 0 Å². The zero-order valence-electron chi connectivity index (χ0n) is 14.4. The molecule has 0 radical (unpaired) electrons. The number of aliphatic carboxylic acids is 1. The van der Waals surface area contributed by atoms with Gasteiger partial charge in [0.15, 0.2) is 0 Å². The van der Waals surface area contributed by atoms with Gasteiger partial charge in [-0.2, -0.15) is 0 Å². The minimum atomic E-state index is -0.925. The molecule has 4 rings (SSSR count). The molecule has 3 aliphatic rings. The number of fused-ring (bicyclic) bond motifs is 3. The van der Waals surface area contributed by atoms with Gasteiger partial charge < -0.3 is 25.0 Å². The summed E-state index contributed by atoms with van der Waals surface area (Å²) in [5, 5.41) is 21.7. The normalized spacial score (nSPS) is 29.9. The zero-order valence-corrected chi connectivity index (χ0v) is 14.4. The number of hydrogen-bond acceptors (Lipinski definition) is 5. The summed E-state index contributed by atoms with van der Waals surface area (Å²) in [6.07, 6.45) is 2.04. The fraction of sp³-hybridized carbons (Fsp3) is 0.579. The molecule has 4 atom stereocenters. The molecular formula is C19H23NO6. The SMILES string of the molecule is O=C(O)C[C@H]1C[C@@H]2c3cc(NC(=O)C4CCC4)ccc3O[C@@H]2[C@@H](CO)O1. The van der Waals surface area contributed by atoms with E-state index in [4.69, 9.17) is 14.6 Å². The molecule has 1 aliphatic carbocycles. The monoisotopic (exact) mass is 361 g/mol. The van der Waals surface area contributed by atoms with Gasteiger partial charge in [0.25, 0.3) is 0 Å². The van der Waals surface area contributed by atoms with Crippen LogP contribution in [0.4, 0.5) is 5.69 Å². The standard InChI is InChI=1S/C19H23NO6/c21-9-16-18-14(7-12(25-16)8-17(22)23)13-6-11(4-5-15(13)26-18)20-19(24)10-2-1-3-10/h4-6,10,12,14,16,18,21H,1-3,7-9H2,(H,20,24)(H,22,23)/t12-,14-,16-,18+/m1/s1. The number of nitrogens with one attached hydrogen (secondary N) is 1. The topological polar surface area (TPSA) is 105 Å². The van der Waals surface area contributed by atoms with Crippen LogP contribution in [0, 0.1) is 5.92 Å². The zero-order chi connectivity index (χ0) is 18.3. The smallest absolute Gasteiger partial charge is 0.305 e. The molecule has 7 heteroatoms. The highest BCUT2D eigenvalue weighted by Crippen LogP contribution is 2.47. The first kappa shape index (κ1) is 17.3. The van der Waals surface area contributed by atoms with Gasteiger partial charge in [0, 0.05) is 23.1 Å². The maximum atomic E-state index is 12.2. The molecule has 2 heterocycles. The fourth-order valence-electron chi connectivity index (χ4n) is 4.08. The van der Waals surface area contributed by atoms with Crippen LogP contribution in [-0.2, 0) is 14.3 Å². The third-order valence-corrected chi connectivity index (χ3v) is 5.65. The van der Waals surface area contributed by atoms with Crippen molar-refractivity contribution in [1.82, 2.24) is 0 Å². The van der Waals surface area contributed by atoms with Gasteiger partial charge in [-0.05, 0) is 37.5 Å². The highest BCUT2D eigenvalue weighted by atomic mass is 16.6. The number of carboxylic acids is 1. The maximum Gasteiger partial charge on any atom is 0.305 e. The molecule has 26 heavy (non-hydrogen) atoms. The van der Waals surface area contributed by atoms with Crippen LogP contribution in [0.5, 0.6) is 5.75 Å². The first-order valence-electron chi connectivity index (χ1n) is 9.14. The number of anilines is 1. The lowest BCUT2D eigenvalue weighted by Crippen LogP contribution is -2.46. The molecule has 3 N–H and O–H groups in total. The lowest BCUT2D eigenvalue weighted by molar-refractivity contribution is -0.153. The van der Waals surface area contributed by atoms with E-state index in [0.29, 0.717) is 12.2 Å². The molecule has 1 saturated heterocycles. The van der Waals surface area contributed by atoms with Gasteiger partial charge in [0.1, 0.15) is 18.0 Å². The van der Waals surface area contributed by atoms with Crippen molar-refractivity contribution in [2.24, 2.45) is 5.92 Å². The van der Waals surface area contributed by atoms with Crippen molar-refractivity contribution < 1.29 is 29.3 Å². The minimum Gasteiger partial charge on any atom is -0.487 e. The predicted molar refractivity (Wildman–Crippen MR) is 92.2 cm³/mol. The van der Waals surface area contributed by atoms with E-state index in [1.54, 1.807) is 0 Å². The molecule has 0 bridgehead atoms. The van der Waals surface area contributed by atoms with Crippen molar-refractivity contribution >= 4 is 17.6 Å². The van der Waals surface area contributed by atoms with Crippen molar-refractivity contribution in [2.45, 2.75) is 56.3 Å². The van der Waals surface area contributed by atoms with Crippen LogP contribution in [0.1, 0.15) is 43.6 Å². The number of hydrogen-bond donors (Lipinski definition) is 3. The maximum absolute atomic E-state index is 12.2. The summed E-state index contributed by atoms with van der Waals surface area (Å²) >= 11 is 0. The Kier molecular flexibility index (Phi) is 4.58. The van der Waals surface area contributed by atoms with Crippen LogP contribution in [0.25, 0.3) is 0 Å². The highest BCUT2D eigenvalue weighted by Gasteiger charge is 2.46. The van der Waals surface area contributed by atoms with Gasteiger partial charge in [0.2, 0.25) is 5.91 Å². The molecule has 7 nitrogen and oxygen atoms in total. The van der Waals surface area contributed by atoms with E-state index in [2.05, 4.69) is 5.32 Å². The van der Waals surface area contributed by atoms with Gasteiger partial charge in [-0.15, -0.1) is 0 Å². The second kappa shape index (κ2) is 6.89. The number of carboxylic acid groups (broad SMARTS) is 1. The molecular weight excluding hydrogens is 338 g/mol. The average molecular weight is 361 g/mol. The summed E-state index contributed by atoms with van der Waals surface area (Å²) in [7, 11) is 0. The van der Waals surface area contributed by atoms with Gasteiger partial charge in [-0.1, -0.05) is 6.42 Å². The average Bonchev–Trinajstić information content (AvgIpc) is 2.90. The van der Waals surface area contributed by atoms with E-state index in [1.807, 2.05) is 18.2 Å².